The van der Waals surface area contributed by atoms with Gasteiger partial charge in [0.1, 0.15) is 0 Å². The van der Waals surface area contributed by atoms with E-state index in [9.17, 15) is 4.79 Å². The summed E-state index contributed by atoms with van der Waals surface area (Å²) < 4.78 is 0.852. The van der Waals surface area contributed by atoms with E-state index in [-0.39, 0.29) is 5.91 Å². The summed E-state index contributed by atoms with van der Waals surface area (Å²) in [5, 5.41) is 3.01. The molecule has 5 heteroatoms. The lowest BCUT2D eigenvalue weighted by molar-refractivity contribution is 0.0948. The number of carbonyl (C=O) groups excluding carboxylic acids is 1. The Morgan fingerprint density at radius 2 is 2.00 bits per heavy atom. The van der Waals surface area contributed by atoms with Crippen molar-refractivity contribution in [3.63, 3.8) is 0 Å². The van der Waals surface area contributed by atoms with Crippen molar-refractivity contribution in [1.29, 1.82) is 0 Å². The van der Waals surface area contributed by atoms with Gasteiger partial charge in [-0.25, -0.2) is 0 Å². The molecule has 1 fully saturated rings. The predicted octanol–water partition coefficient (Wildman–Crippen LogP) is 2.12. The van der Waals surface area contributed by atoms with Gasteiger partial charge in [-0.1, -0.05) is 11.6 Å². The van der Waals surface area contributed by atoms with Crippen molar-refractivity contribution in [2.24, 2.45) is 0 Å². The quantitative estimate of drug-likeness (QED) is 0.823. The van der Waals surface area contributed by atoms with Crippen LogP contribution in [0.4, 0.5) is 0 Å². The van der Waals surface area contributed by atoms with Gasteiger partial charge < -0.3 is 15.1 Å². The molecule has 1 amide bonds. The van der Waals surface area contributed by atoms with E-state index in [0.717, 1.165) is 61.3 Å². The molecule has 1 saturated heterocycles. The molecule has 0 radical (unpaired) electrons. The Kier molecular flexibility index (Phi) is 6.21. The van der Waals surface area contributed by atoms with Crippen LogP contribution in [0.1, 0.15) is 22.3 Å². The van der Waals surface area contributed by atoms with Crippen LogP contribution in [0.15, 0.2) is 22.7 Å². The van der Waals surface area contributed by atoms with Crippen LogP contribution >= 0.6 is 15.9 Å². The number of carbonyl (C=O) groups is 1. The smallest absolute Gasteiger partial charge is 0.252 e. The summed E-state index contributed by atoms with van der Waals surface area (Å²) in [6.45, 7) is 8.33. The van der Waals surface area contributed by atoms with Crippen molar-refractivity contribution < 1.29 is 4.79 Å². The molecule has 4 nitrogen and oxygen atoms in total. The molecule has 0 spiro atoms. The Balaban J connectivity index is 1.71. The van der Waals surface area contributed by atoms with E-state index in [1.165, 1.54) is 0 Å². The number of hydrogen-bond acceptors (Lipinski definition) is 3. The molecule has 0 saturated carbocycles. The molecule has 116 valence electrons. The van der Waals surface area contributed by atoms with E-state index >= 15 is 0 Å². The number of nitrogens with zero attached hydrogens (tertiary/aromatic N) is 2. The molecule has 0 aliphatic carbocycles. The van der Waals surface area contributed by atoms with Gasteiger partial charge in [-0.15, -0.1) is 0 Å². The van der Waals surface area contributed by atoms with E-state index in [1.807, 2.05) is 25.1 Å². The molecule has 0 atom stereocenters. The number of hydrogen-bond donors (Lipinski definition) is 1. The highest BCUT2D eigenvalue weighted by Crippen LogP contribution is 2.17. The average Bonchev–Trinajstić information content (AvgIpc) is 2.47. The maximum absolute atomic E-state index is 12.2. The number of amides is 1. The Morgan fingerprint density at radius 3 is 2.71 bits per heavy atom. The van der Waals surface area contributed by atoms with E-state index in [4.69, 9.17) is 0 Å². The Bertz CT molecular complexity index is 484. The van der Waals surface area contributed by atoms with Crippen LogP contribution in [0.3, 0.4) is 0 Å². The zero-order valence-electron chi connectivity index (χ0n) is 12.9. The highest BCUT2D eigenvalue weighted by atomic mass is 79.9. The largest absolute Gasteiger partial charge is 0.352 e. The first-order valence-corrected chi connectivity index (χ1v) is 8.31. The maximum Gasteiger partial charge on any atom is 0.252 e. The monoisotopic (exact) mass is 353 g/mol. The number of aryl methyl sites for hydroxylation is 1. The van der Waals surface area contributed by atoms with Gasteiger partial charge in [0.25, 0.3) is 5.91 Å². The number of piperazine rings is 1. The van der Waals surface area contributed by atoms with Gasteiger partial charge in [-0.3, -0.25) is 4.79 Å². The van der Waals surface area contributed by atoms with Crippen LogP contribution < -0.4 is 5.32 Å². The molecule has 1 aromatic rings. The summed E-state index contributed by atoms with van der Waals surface area (Å²) in [6, 6.07) is 5.84. The normalized spacial score (nSPS) is 16.9. The summed E-state index contributed by atoms with van der Waals surface area (Å²) in [4.78, 5) is 17.0. The van der Waals surface area contributed by atoms with Crippen molar-refractivity contribution >= 4 is 21.8 Å². The summed E-state index contributed by atoms with van der Waals surface area (Å²) in [5.41, 5.74) is 1.82. The van der Waals surface area contributed by atoms with E-state index in [2.05, 4.69) is 38.1 Å². The minimum Gasteiger partial charge on any atom is -0.352 e. The molecule has 1 N–H and O–H groups in total. The SMILES string of the molecule is Cc1ccc(Br)c(C(=O)NCCCN2CCN(C)CC2)c1. The van der Waals surface area contributed by atoms with Gasteiger partial charge in [0, 0.05) is 37.2 Å². The van der Waals surface area contributed by atoms with Crippen LogP contribution in [-0.4, -0.2) is 62.0 Å². The summed E-state index contributed by atoms with van der Waals surface area (Å²) in [7, 11) is 2.16. The number of halogens is 1. The van der Waals surface area contributed by atoms with Crippen LogP contribution in [0.2, 0.25) is 0 Å². The van der Waals surface area contributed by atoms with Gasteiger partial charge in [0.2, 0.25) is 0 Å². The van der Waals surface area contributed by atoms with E-state index in [0.29, 0.717) is 0 Å². The summed E-state index contributed by atoms with van der Waals surface area (Å²) in [6.07, 6.45) is 0.999. The van der Waals surface area contributed by atoms with Crippen LogP contribution in [-0.2, 0) is 0 Å². The minimum atomic E-state index is 0.00366. The Hall–Kier alpha value is -0.910. The van der Waals surface area contributed by atoms with Crippen molar-refractivity contribution in [2.45, 2.75) is 13.3 Å². The number of nitrogens with one attached hydrogen (secondary N) is 1. The second kappa shape index (κ2) is 7.92. The molecule has 21 heavy (non-hydrogen) atoms. The number of rotatable bonds is 5. The van der Waals surface area contributed by atoms with Crippen LogP contribution in [0.25, 0.3) is 0 Å². The van der Waals surface area contributed by atoms with Gasteiger partial charge in [0.15, 0.2) is 0 Å². The first-order chi connectivity index (χ1) is 10.1. The molecule has 1 heterocycles. The zero-order chi connectivity index (χ0) is 15.2. The minimum absolute atomic E-state index is 0.00366. The topological polar surface area (TPSA) is 35.6 Å². The van der Waals surface area contributed by atoms with Crippen LogP contribution in [0.5, 0.6) is 0 Å². The molecule has 2 rings (SSSR count). The average molecular weight is 354 g/mol. The summed E-state index contributed by atoms with van der Waals surface area (Å²) in [5.74, 6) is 0.00366. The van der Waals surface area contributed by atoms with Gasteiger partial charge >= 0.3 is 0 Å². The van der Waals surface area contributed by atoms with Crippen molar-refractivity contribution in [3.8, 4) is 0 Å². The zero-order valence-corrected chi connectivity index (χ0v) is 14.4. The highest BCUT2D eigenvalue weighted by Gasteiger charge is 2.13. The molecule has 1 aromatic carbocycles. The number of likely N-dealkylation sites (N-methyl/N-ethyl adjacent to an activating group) is 1. The standard InChI is InChI=1S/C16H24BrN3O/c1-13-4-5-15(17)14(12-13)16(21)18-6-3-7-20-10-8-19(2)9-11-20/h4-5,12H,3,6-11H2,1-2H3,(H,18,21). The lowest BCUT2D eigenvalue weighted by atomic mass is 10.1. The summed E-state index contributed by atoms with van der Waals surface area (Å²) >= 11 is 3.43. The first kappa shape index (κ1) is 16.5. The van der Waals surface area contributed by atoms with Gasteiger partial charge in [0.05, 0.1) is 5.56 Å². The second-order valence-electron chi connectivity index (χ2n) is 5.74. The fraction of sp³-hybridized carbons (Fsp3) is 0.562. The fourth-order valence-electron chi connectivity index (χ4n) is 2.48. The molecule has 1 aliphatic heterocycles. The van der Waals surface area contributed by atoms with Crippen molar-refractivity contribution in [2.75, 3.05) is 46.3 Å². The Labute approximate surface area is 135 Å². The molecule has 1 aliphatic rings. The molecular weight excluding hydrogens is 330 g/mol. The van der Waals surface area contributed by atoms with Crippen molar-refractivity contribution in [1.82, 2.24) is 15.1 Å². The van der Waals surface area contributed by atoms with E-state index in [1.54, 1.807) is 0 Å². The third-order valence-corrected chi connectivity index (χ3v) is 4.59. The highest BCUT2D eigenvalue weighted by molar-refractivity contribution is 9.10. The maximum atomic E-state index is 12.2. The second-order valence-corrected chi connectivity index (χ2v) is 6.59. The number of benzene rings is 1. The molecule has 0 bridgehead atoms. The first-order valence-electron chi connectivity index (χ1n) is 7.51. The molecular formula is C16H24BrN3O. The predicted molar refractivity (Wildman–Crippen MR) is 89.8 cm³/mol. The molecule has 0 aromatic heterocycles. The fourth-order valence-corrected chi connectivity index (χ4v) is 2.91. The third-order valence-electron chi connectivity index (χ3n) is 3.90. The third kappa shape index (κ3) is 5.09. The van der Waals surface area contributed by atoms with Gasteiger partial charge in [-0.2, -0.15) is 0 Å². The molecule has 0 unspecified atom stereocenters. The Morgan fingerprint density at radius 1 is 1.29 bits per heavy atom. The van der Waals surface area contributed by atoms with Gasteiger partial charge in [-0.05, 0) is 55.0 Å². The lowest BCUT2D eigenvalue weighted by Crippen LogP contribution is -2.45. The van der Waals surface area contributed by atoms with E-state index < -0.39 is 0 Å². The van der Waals surface area contributed by atoms with Crippen LogP contribution in [0, 0.1) is 6.92 Å². The lowest BCUT2D eigenvalue weighted by Gasteiger charge is -2.32. The van der Waals surface area contributed by atoms with Crippen molar-refractivity contribution in [3.05, 3.63) is 33.8 Å².